The van der Waals surface area contributed by atoms with E-state index in [0.29, 0.717) is 6.04 Å². The first-order valence-corrected chi connectivity index (χ1v) is 6.32. The summed E-state index contributed by atoms with van der Waals surface area (Å²) in [5.74, 6) is 0. The van der Waals surface area contributed by atoms with Crippen LogP contribution in [0, 0.1) is 0 Å². The van der Waals surface area contributed by atoms with Crippen LogP contribution in [0.15, 0.2) is 0 Å². The normalized spacial score (nSPS) is 18.6. The van der Waals surface area contributed by atoms with Crippen LogP contribution in [0.5, 0.6) is 0 Å². The van der Waals surface area contributed by atoms with Crippen molar-refractivity contribution >= 4 is 0 Å². The first-order valence-electron chi connectivity index (χ1n) is 6.32. The van der Waals surface area contributed by atoms with Crippen LogP contribution in [-0.4, -0.2) is 55.2 Å². The van der Waals surface area contributed by atoms with Crippen LogP contribution >= 0.6 is 0 Å². The molecular formula is C12H25NO3. The van der Waals surface area contributed by atoms with E-state index in [-0.39, 0.29) is 12.9 Å². The lowest BCUT2D eigenvalue weighted by molar-refractivity contribution is -0.183. The Morgan fingerprint density at radius 3 is 2.50 bits per heavy atom. The molecule has 1 heterocycles. The zero-order chi connectivity index (χ0) is 11.8. The van der Waals surface area contributed by atoms with Gasteiger partial charge in [0.25, 0.3) is 0 Å². The van der Waals surface area contributed by atoms with Gasteiger partial charge in [-0.15, -0.1) is 0 Å². The fourth-order valence-corrected chi connectivity index (χ4v) is 1.88. The molecule has 0 aromatic carbocycles. The summed E-state index contributed by atoms with van der Waals surface area (Å²) >= 11 is 0. The minimum atomic E-state index is -0.0240. The van der Waals surface area contributed by atoms with Crippen LogP contribution < -0.4 is 0 Å². The van der Waals surface area contributed by atoms with Gasteiger partial charge in [-0.1, -0.05) is 0 Å². The molecule has 1 saturated heterocycles. The molecule has 96 valence electrons. The third kappa shape index (κ3) is 5.25. The maximum atomic E-state index is 8.84. The first kappa shape index (κ1) is 13.9. The van der Waals surface area contributed by atoms with Crippen molar-refractivity contribution in [3.63, 3.8) is 0 Å². The highest BCUT2D eigenvalue weighted by Crippen LogP contribution is 2.10. The molecule has 0 atom stereocenters. The van der Waals surface area contributed by atoms with E-state index in [1.165, 1.54) is 0 Å². The van der Waals surface area contributed by atoms with Crippen molar-refractivity contribution in [2.75, 3.05) is 32.9 Å². The van der Waals surface area contributed by atoms with E-state index < -0.39 is 0 Å². The second-order valence-corrected chi connectivity index (χ2v) is 4.52. The van der Waals surface area contributed by atoms with Crippen molar-refractivity contribution in [1.82, 2.24) is 4.90 Å². The van der Waals surface area contributed by atoms with Gasteiger partial charge in [0.15, 0.2) is 6.29 Å². The Labute approximate surface area is 98.5 Å². The molecule has 0 aromatic heterocycles. The zero-order valence-electron chi connectivity index (χ0n) is 10.5. The molecule has 0 bridgehead atoms. The average Bonchev–Trinajstić information content (AvgIpc) is 2.30. The Kier molecular flexibility index (Phi) is 6.96. The Balaban J connectivity index is 2.19. The Bertz CT molecular complexity index is 170. The van der Waals surface area contributed by atoms with Gasteiger partial charge in [0, 0.05) is 32.2 Å². The number of aliphatic hydroxyl groups is 1. The number of nitrogens with zero attached hydrogens (tertiary/aromatic N) is 1. The van der Waals surface area contributed by atoms with Gasteiger partial charge >= 0.3 is 0 Å². The fourth-order valence-electron chi connectivity index (χ4n) is 1.88. The second kappa shape index (κ2) is 8.01. The SMILES string of the molecule is CC(C)N(CCCO)CCC1OCCCO1. The summed E-state index contributed by atoms with van der Waals surface area (Å²) in [7, 11) is 0. The van der Waals surface area contributed by atoms with Crippen molar-refractivity contribution in [3.05, 3.63) is 0 Å². The summed E-state index contributed by atoms with van der Waals surface area (Å²) in [5.41, 5.74) is 0. The van der Waals surface area contributed by atoms with Gasteiger partial charge < -0.3 is 19.5 Å². The van der Waals surface area contributed by atoms with E-state index in [9.17, 15) is 0 Å². The second-order valence-electron chi connectivity index (χ2n) is 4.52. The van der Waals surface area contributed by atoms with Gasteiger partial charge in [-0.25, -0.2) is 0 Å². The molecule has 0 radical (unpaired) electrons. The topological polar surface area (TPSA) is 41.9 Å². The lowest BCUT2D eigenvalue weighted by Crippen LogP contribution is -2.36. The van der Waals surface area contributed by atoms with E-state index in [2.05, 4.69) is 18.7 Å². The van der Waals surface area contributed by atoms with Crippen molar-refractivity contribution < 1.29 is 14.6 Å². The number of ether oxygens (including phenoxy) is 2. The summed E-state index contributed by atoms with van der Waals surface area (Å²) in [4.78, 5) is 2.36. The van der Waals surface area contributed by atoms with Crippen LogP contribution in [0.3, 0.4) is 0 Å². The lowest BCUT2D eigenvalue weighted by atomic mass is 10.2. The van der Waals surface area contributed by atoms with E-state index in [0.717, 1.165) is 45.6 Å². The molecule has 4 heteroatoms. The van der Waals surface area contributed by atoms with Crippen LogP contribution in [0.1, 0.15) is 33.1 Å². The minimum Gasteiger partial charge on any atom is -0.396 e. The number of hydrogen-bond donors (Lipinski definition) is 1. The van der Waals surface area contributed by atoms with Gasteiger partial charge in [-0.05, 0) is 26.7 Å². The highest BCUT2D eigenvalue weighted by atomic mass is 16.7. The molecule has 1 aliphatic rings. The Morgan fingerprint density at radius 1 is 1.25 bits per heavy atom. The zero-order valence-corrected chi connectivity index (χ0v) is 10.5. The number of hydrogen-bond acceptors (Lipinski definition) is 4. The third-order valence-corrected chi connectivity index (χ3v) is 2.88. The summed E-state index contributed by atoms with van der Waals surface area (Å²) in [6.45, 7) is 8.19. The minimum absolute atomic E-state index is 0.0240. The average molecular weight is 231 g/mol. The maximum Gasteiger partial charge on any atom is 0.158 e. The fraction of sp³-hybridized carbons (Fsp3) is 1.00. The number of aliphatic hydroxyl groups excluding tert-OH is 1. The van der Waals surface area contributed by atoms with Gasteiger partial charge in [0.05, 0.1) is 13.2 Å². The van der Waals surface area contributed by atoms with Crippen molar-refractivity contribution in [1.29, 1.82) is 0 Å². The molecule has 0 aromatic rings. The van der Waals surface area contributed by atoms with E-state index >= 15 is 0 Å². The maximum absolute atomic E-state index is 8.84. The predicted molar refractivity (Wildman–Crippen MR) is 63.3 cm³/mol. The lowest BCUT2D eigenvalue weighted by Gasteiger charge is -2.29. The molecule has 0 unspecified atom stereocenters. The first-order chi connectivity index (χ1) is 7.74. The quantitative estimate of drug-likeness (QED) is 0.715. The standard InChI is InChI=1S/C12H25NO3/c1-11(2)13(6-3-8-14)7-5-12-15-9-4-10-16-12/h11-12,14H,3-10H2,1-2H3. The van der Waals surface area contributed by atoms with Crippen LogP contribution in [-0.2, 0) is 9.47 Å². The monoisotopic (exact) mass is 231 g/mol. The third-order valence-electron chi connectivity index (χ3n) is 2.88. The molecular weight excluding hydrogens is 206 g/mol. The smallest absolute Gasteiger partial charge is 0.158 e. The van der Waals surface area contributed by atoms with Crippen molar-refractivity contribution in [3.8, 4) is 0 Å². The molecule has 1 rings (SSSR count). The van der Waals surface area contributed by atoms with Crippen LogP contribution in [0.2, 0.25) is 0 Å². The number of rotatable bonds is 7. The summed E-state index contributed by atoms with van der Waals surface area (Å²) in [6.07, 6.45) is 2.74. The largest absolute Gasteiger partial charge is 0.396 e. The molecule has 0 aliphatic carbocycles. The van der Waals surface area contributed by atoms with Gasteiger partial charge in [0.1, 0.15) is 0 Å². The highest BCUT2D eigenvalue weighted by Gasteiger charge is 2.16. The van der Waals surface area contributed by atoms with Gasteiger partial charge in [-0.3, -0.25) is 0 Å². The summed E-state index contributed by atoms with van der Waals surface area (Å²) in [5, 5.41) is 8.84. The van der Waals surface area contributed by atoms with Crippen LogP contribution in [0.25, 0.3) is 0 Å². The van der Waals surface area contributed by atoms with E-state index in [1.807, 2.05) is 0 Å². The molecule has 0 spiro atoms. The highest BCUT2D eigenvalue weighted by molar-refractivity contribution is 4.64. The van der Waals surface area contributed by atoms with Crippen LogP contribution in [0.4, 0.5) is 0 Å². The predicted octanol–water partition coefficient (Wildman–Crippen LogP) is 1.23. The molecule has 16 heavy (non-hydrogen) atoms. The summed E-state index contributed by atoms with van der Waals surface area (Å²) in [6, 6.07) is 0.509. The molecule has 1 fully saturated rings. The van der Waals surface area contributed by atoms with Crippen molar-refractivity contribution in [2.24, 2.45) is 0 Å². The van der Waals surface area contributed by atoms with E-state index in [1.54, 1.807) is 0 Å². The Hall–Kier alpha value is -0.160. The molecule has 0 saturated carbocycles. The van der Waals surface area contributed by atoms with Gasteiger partial charge in [-0.2, -0.15) is 0 Å². The molecule has 0 amide bonds. The van der Waals surface area contributed by atoms with Gasteiger partial charge in [0.2, 0.25) is 0 Å². The molecule has 4 nitrogen and oxygen atoms in total. The Morgan fingerprint density at radius 2 is 1.94 bits per heavy atom. The van der Waals surface area contributed by atoms with E-state index in [4.69, 9.17) is 14.6 Å². The van der Waals surface area contributed by atoms with Crippen molar-refractivity contribution in [2.45, 2.75) is 45.4 Å². The molecule has 1 N–H and O–H groups in total. The summed E-state index contributed by atoms with van der Waals surface area (Å²) < 4.78 is 11.0. The molecule has 1 aliphatic heterocycles.